The molecule has 1 unspecified atom stereocenters. The standard InChI is InChI=1S/C24H22N2O5/c1-16-12-17(2)14-20(13-16)25-24(28)23(18-8-4-3-5-9-18)31-22(27)15-19-10-6-7-11-21(19)26(29)30/h3-14,23H,15H2,1-2H3,(H,25,28). The monoisotopic (exact) mass is 418 g/mol. The summed E-state index contributed by atoms with van der Waals surface area (Å²) in [6.07, 6.45) is -1.52. The van der Waals surface area contributed by atoms with Gasteiger partial charge in [0.1, 0.15) is 0 Å². The Morgan fingerprint density at radius 1 is 0.968 bits per heavy atom. The molecule has 7 heteroatoms. The number of aryl methyl sites for hydroxylation is 2. The number of nitro benzene ring substituents is 1. The Kier molecular flexibility index (Phi) is 6.77. The number of nitro groups is 1. The van der Waals surface area contributed by atoms with E-state index in [-0.39, 0.29) is 17.7 Å². The van der Waals surface area contributed by atoms with Gasteiger partial charge in [0.15, 0.2) is 0 Å². The van der Waals surface area contributed by atoms with E-state index in [1.54, 1.807) is 36.4 Å². The first-order valence-corrected chi connectivity index (χ1v) is 9.69. The molecule has 0 heterocycles. The van der Waals surface area contributed by atoms with E-state index in [9.17, 15) is 19.7 Å². The van der Waals surface area contributed by atoms with E-state index in [0.29, 0.717) is 11.3 Å². The lowest BCUT2D eigenvalue weighted by Gasteiger charge is -2.18. The number of carbonyl (C=O) groups excluding carboxylic acids is 2. The average Bonchev–Trinajstić information content (AvgIpc) is 2.72. The predicted molar refractivity (Wildman–Crippen MR) is 117 cm³/mol. The number of nitrogens with zero attached hydrogens (tertiary/aromatic N) is 1. The summed E-state index contributed by atoms with van der Waals surface area (Å²) in [5.41, 5.74) is 3.12. The summed E-state index contributed by atoms with van der Waals surface area (Å²) in [7, 11) is 0. The molecule has 0 aliphatic carbocycles. The van der Waals surface area contributed by atoms with Crippen LogP contribution < -0.4 is 5.32 Å². The third-order valence-electron chi connectivity index (χ3n) is 4.60. The molecule has 1 amide bonds. The number of nitrogens with one attached hydrogen (secondary N) is 1. The fourth-order valence-corrected chi connectivity index (χ4v) is 3.32. The zero-order valence-electron chi connectivity index (χ0n) is 17.2. The quantitative estimate of drug-likeness (QED) is 0.341. The van der Waals surface area contributed by atoms with E-state index >= 15 is 0 Å². The molecule has 0 radical (unpaired) electrons. The molecule has 0 saturated carbocycles. The molecule has 158 valence electrons. The highest BCUT2D eigenvalue weighted by molar-refractivity contribution is 5.96. The Balaban J connectivity index is 1.82. The number of ether oxygens (including phenoxy) is 1. The third kappa shape index (κ3) is 5.76. The number of carbonyl (C=O) groups is 2. The second-order valence-electron chi connectivity index (χ2n) is 7.21. The zero-order valence-corrected chi connectivity index (χ0v) is 17.2. The average molecular weight is 418 g/mol. The van der Waals surface area contributed by atoms with E-state index < -0.39 is 22.9 Å². The van der Waals surface area contributed by atoms with Crippen molar-refractivity contribution in [3.05, 3.63) is 105 Å². The molecule has 3 aromatic rings. The van der Waals surface area contributed by atoms with Gasteiger partial charge in [0.2, 0.25) is 6.10 Å². The first-order chi connectivity index (χ1) is 14.8. The molecule has 0 aliphatic rings. The van der Waals surface area contributed by atoms with Crippen molar-refractivity contribution >= 4 is 23.3 Å². The number of anilines is 1. The summed E-state index contributed by atoms with van der Waals surface area (Å²) < 4.78 is 5.50. The van der Waals surface area contributed by atoms with E-state index in [0.717, 1.165) is 11.1 Å². The molecule has 0 bridgehead atoms. The van der Waals surface area contributed by atoms with Crippen molar-refractivity contribution in [1.29, 1.82) is 0 Å². The maximum Gasteiger partial charge on any atom is 0.311 e. The maximum atomic E-state index is 13.0. The molecule has 0 fully saturated rings. The van der Waals surface area contributed by atoms with Crippen molar-refractivity contribution in [2.75, 3.05) is 5.32 Å². The Hall–Kier alpha value is -4.00. The molecule has 0 spiro atoms. The van der Waals surface area contributed by atoms with Gasteiger partial charge in [-0.25, -0.2) is 0 Å². The Bertz CT molecular complexity index is 1090. The summed E-state index contributed by atoms with van der Waals surface area (Å²) in [6.45, 7) is 3.84. The van der Waals surface area contributed by atoms with Crippen LogP contribution in [-0.4, -0.2) is 16.8 Å². The van der Waals surface area contributed by atoms with E-state index in [2.05, 4.69) is 5.32 Å². The topological polar surface area (TPSA) is 98.5 Å². The predicted octanol–water partition coefficient (Wildman–Crippen LogP) is 4.68. The molecule has 7 nitrogen and oxygen atoms in total. The van der Waals surface area contributed by atoms with Gasteiger partial charge in [-0.1, -0.05) is 54.6 Å². The highest BCUT2D eigenvalue weighted by Crippen LogP contribution is 2.24. The van der Waals surface area contributed by atoms with Crippen LogP contribution >= 0.6 is 0 Å². The Morgan fingerprint density at radius 3 is 2.23 bits per heavy atom. The van der Waals surface area contributed by atoms with Gasteiger partial charge in [-0.05, 0) is 37.1 Å². The van der Waals surface area contributed by atoms with E-state index in [4.69, 9.17) is 4.74 Å². The van der Waals surface area contributed by atoms with Gasteiger partial charge in [0.25, 0.3) is 11.6 Å². The molecule has 3 rings (SSSR count). The van der Waals surface area contributed by atoms with Crippen LogP contribution in [0.5, 0.6) is 0 Å². The molecule has 1 N–H and O–H groups in total. The van der Waals surface area contributed by atoms with Gasteiger partial charge in [-0.3, -0.25) is 19.7 Å². The number of amides is 1. The summed E-state index contributed by atoms with van der Waals surface area (Å²) in [5.74, 6) is -1.24. The summed E-state index contributed by atoms with van der Waals surface area (Å²) in [4.78, 5) is 36.3. The lowest BCUT2D eigenvalue weighted by molar-refractivity contribution is -0.385. The summed E-state index contributed by atoms with van der Waals surface area (Å²) >= 11 is 0. The number of para-hydroxylation sites is 1. The normalized spacial score (nSPS) is 11.4. The van der Waals surface area contributed by atoms with Crippen molar-refractivity contribution in [2.45, 2.75) is 26.4 Å². The lowest BCUT2D eigenvalue weighted by Crippen LogP contribution is -2.26. The van der Waals surface area contributed by atoms with Crippen LogP contribution in [0.25, 0.3) is 0 Å². The third-order valence-corrected chi connectivity index (χ3v) is 4.60. The lowest BCUT2D eigenvalue weighted by atomic mass is 10.1. The van der Waals surface area contributed by atoms with Gasteiger partial charge in [-0.2, -0.15) is 0 Å². The van der Waals surface area contributed by atoms with Crippen LogP contribution in [-0.2, 0) is 20.7 Å². The minimum atomic E-state index is -1.20. The van der Waals surface area contributed by atoms with Crippen LogP contribution in [0.3, 0.4) is 0 Å². The second-order valence-corrected chi connectivity index (χ2v) is 7.21. The number of rotatable bonds is 7. The van der Waals surface area contributed by atoms with Crippen LogP contribution in [0, 0.1) is 24.0 Å². The zero-order chi connectivity index (χ0) is 22.4. The smallest absolute Gasteiger partial charge is 0.311 e. The van der Waals surface area contributed by atoms with Crippen LogP contribution in [0.2, 0.25) is 0 Å². The van der Waals surface area contributed by atoms with Crippen molar-refractivity contribution in [3.8, 4) is 0 Å². The van der Waals surface area contributed by atoms with Crippen molar-refractivity contribution in [1.82, 2.24) is 0 Å². The van der Waals surface area contributed by atoms with Crippen molar-refractivity contribution in [3.63, 3.8) is 0 Å². The molecular formula is C24H22N2O5. The van der Waals surface area contributed by atoms with E-state index in [1.165, 1.54) is 18.2 Å². The van der Waals surface area contributed by atoms with Crippen LogP contribution in [0.15, 0.2) is 72.8 Å². The Morgan fingerprint density at radius 2 is 1.58 bits per heavy atom. The summed E-state index contributed by atoms with van der Waals surface area (Å²) in [5, 5.41) is 14.0. The highest BCUT2D eigenvalue weighted by Gasteiger charge is 2.26. The molecule has 31 heavy (non-hydrogen) atoms. The van der Waals surface area contributed by atoms with Crippen molar-refractivity contribution < 1.29 is 19.2 Å². The van der Waals surface area contributed by atoms with Gasteiger partial charge < -0.3 is 10.1 Å². The first kappa shape index (κ1) is 21.7. The highest BCUT2D eigenvalue weighted by atomic mass is 16.6. The minimum absolute atomic E-state index is 0.171. The van der Waals surface area contributed by atoms with Gasteiger partial charge in [0.05, 0.1) is 11.3 Å². The fourth-order valence-electron chi connectivity index (χ4n) is 3.32. The fraction of sp³-hybridized carbons (Fsp3) is 0.167. The van der Waals surface area contributed by atoms with Gasteiger partial charge in [-0.15, -0.1) is 0 Å². The Labute approximate surface area is 179 Å². The largest absolute Gasteiger partial charge is 0.447 e. The first-order valence-electron chi connectivity index (χ1n) is 9.69. The SMILES string of the molecule is Cc1cc(C)cc(NC(=O)C(OC(=O)Cc2ccccc2[N+](=O)[O-])c2ccccc2)c1. The number of hydrogen-bond acceptors (Lipinski definition) is 5. The molecule has 3 aromatic carbocycles. The molecule has 0 aromatic heterocycles. The number of hydrogen-bond donors (Lipinski definition) is 1. The van der Waals surface area contributed by atoms with Crippen molar-refractivity contribution in [2.24, 2.45) is 0 Å². The number of benzene rings is 3. The van der Waals surface area contributed by atoms with Crippen LogP contribution in [0.1, 0.15) is 28.4 Å². The number of esters is 1. The second kappa shape index (κ2) is 9.67. The molecular weight excluding hydrogens is 396 g/mol. The van der Waals surface area contributed by atoms with Crippen LogP contribution in [0.4, 0.5) is 11.4 Å². The molecule has 1 atom stereocenters. The van der Waals surface area contributed by atoms with Gasteiger partial charge in [0, 0.05) is 22.9 Å². The van der Waals surface area contributed by atoms with E-state index in [1.807, 2.05) is 32.0 Å². The molecule has 0 saturated heterocycles. The van der Waals surface area contributed by atoms with Gasteiger partial charge >= 0.3 is 5.97 Å². The maximum absolute atomic E-state index is 13.0. The minimum Gasteiger partial charge on any atom is -0.447 e. The summed E-state index contributed by atoms with van der Waals surface area (Å²) in [6, 6.07) is 20.2. The molecule has 0 aliphatic heterocycles.